The molecule has 1 aliphatic heterocycles. The molecule has 1 unspecified atom stereocenters. The Morgan fingerprint density at radius 1 is 1.44 bits per heavy atom. The van der Waals surface area contributed by atoms with Gasteiger partial charge in [0.25, 0.3) is 0 Å². The monoisotopic (exact) mass is 344 g/mol. The number of nitrogens with one attached hydrogen (secondary N) is 2. The Morgan fingerprint density at radius 2 is 2.36 bits per heavy atom. The van der Waals surface area contributed by atoms with Crippen molar-refractivity contribution in [1.29, 1.82) is 5.26 Å². The van der Waals surface area contributed by atoms with Gasteiger partial charge in [0.2, 0.25) is 0 Å². The lowest BCUT2D eigenvalue weighted by molar-refractivity contribution is 0.0168. The van der Waals surface area contributed by atoms with Gasteiger partial charge in [-0.25, -0.2) is 4.99 Å². The quantitative estimate of drug-likeness (QED) is 0.408. The molecule has 0 bridgehead atoms. The third kappa shape index (κ3) is 7.55. The highest BCUT2D eigenvalue weighted by Crippen LogP contribution is 2.11. The van der Waals surface area contributed by atoms with E-state index < -0.39 is 0 Å². The van der Waals surface area contributed by atoms with Crippen LogP contribution in [-0.4, -0.2) is 45.0 Å². The van der Waals surface area contributed by atoms with Gasteiger partial charge in [-0.1, -0.05) is 12.1 Å². The first-order valence-corrected chi connectivity index (χ1v) is 9.02. The molecule has 0 saturated carbocycles. The number of ether oxygens (including phenoxy) is 2. The van der Waals surface area contributed by atoms with E-state index in [9.17, 15) is 0 Å². The molecule has 0 amide bonds. The summed E-state index contributed by atoms with van der Waals surface area (Å²) in [6.07, 6.45) is 3.47. The van der Waals surface area contributed by atoms with E-state index in [1.807, 2.05) is 25.1 Å². The molecule has 136 valence electrons. The van der Waals surface area contributed by atoms with Gasteiger partial charge in [-0.15, -0.1) is 0 Å². The molecule has 6 nitrogen and oxygen atoms in total. The molecular weight excluding hydrogens is 316 g/mol. The topological polar surface area (TPSA) is 78.7 Å². The zero-order valence-electron chi connectivity index (χ0n) is 15.0. The van der Waals surface area contributed by atoms with Gasteiger partial charge >= 0.3 is 0 Å². The fraction of sp³-hybridized carbons (Fsp3) is 0.579. The number of hydrogen-bond donors (Lipinski definition) is 2. The molecular formula is C19H28N4O2. The minimum atomic E-state index is 0.288. The van der Waals surface area contributed by atoms with Crippen LogP contribution >= 0.6 is 0 Å². The van der Waals surface area contributed by atoms with Crippen molar-refractivity contribution >= 4 is 5.96 Å². The minimum absolute atomic E-state index is 0.288. The molecule has 6 heteroatoms. The number of nitriles is 1. The number of rotatable bonds is 9. The van der Waals surface area contributed by atoms with E-state index in [1.165, 1.54) is 0 Å². The van der Waals surface area contributed by atoms with Crippen molar-refractivity contribution in [3.8, 4) is 6.07 Å². The summed E-state index contributed by atoms with van der Waals surface area (Å²) in [6.45, 7) is 6.48. The molecule has 2 rings (SSSR count). The second-order valence-corrected chi connectivity index (χ2v) is 6.00. The maximum absolute atomic E-state index is 8.95. The van der Waals surface area contributed by atoms with Crippen molar-refractivity contribution in [2.24, 2.45) is 4.99 Å². The van der Waals surface area contributed by atoms with Gasteiger partial charge < -0.3 is 20.1 Å². The zero-order chi connectivity index (χ0) is 17.7. The smallest absolute Gasteiger partial charge is 0.191 e. The first-order valence-electron chi connectivity index (χ1n) is 9.02. The Labute approximate surface area is 150 Å². The molecule has 0 aliphatic carbocycles. The first-order chi connectivity index (χ1) is 12.3. The van der Waals surface area contributed by atoms with Gasteiger partial charge in [-0.05, 0) is 43.9 Å². The SMILES string of the molecule is CCNC(=NCc1cccc(C#N)c1)NCCCOCC1CCCO1. The lowest BCUT2D eigenvalue weighted by atomic mass is 10.1. The Balaban J connectivity index is 1.67. The van der Waals surface area contributed by atoms with Crippen molar-refractivity contribution in [3.05, 3.63) is 35.4 Å². The zero-order valence-corrected chi connectivity index (χ0v) is 15.0. The average molecular weight is 344 g/mol. The predicted molar refractivity (Wildman–Crippen MR) is 98.4 cm³/mol. The minimum Gasteiger partial charge on any atom is -0.379 e. The van der Waals surface area contributed by atoms with Crippen LogP contribution in [0.3, 0.4) is 0 Å². The molecule has 1 atom stereocenters. The maximum atomic E-state index is 8.95. The van der Waals surface area contributed by atoms with Crippen LogP contribution in [0.2, 0.25) is 0 Å². The molecule has 0 spiro atoms. The van der Waals surface area contributed by atoms with Crippen LogP contribution in [0.25, 0.3) is 0 Å². The fourth-order valence-electron chi connectivity index (χ4n) is 2.62. The number of nitrogens with zero attached hydrogens (tertiary/aromatic N) is 2. The second-order valence-electron chi connectivity index (χ2n) is 6.00. The molecule has 1 fully saturated rings. The third-order valence-electron chi connectivity index (χ3n) is 3.91. The van der Waals surface area contributed by atoms with Crippen LogP contribution < -0.4 is 10.6 Å². The number of aliphatic imine (C=N–C) groups is 1. The van der Waals surface area contributed by atoms with Gasteiger partial charge in [0.05, 0.1) is 30.9 Å². The average Bonchev–Trinajstić information content (AvgIpc) is 3.16. The molecule has 1 aromatic rings. The Bertz CT molecular complexity index is 577. The standard InChI is InChI=1S/C19H28N4O2/c1-2-21-19(23-14-17-7-3-6-16(12-17)13-20)22-9-5-10-24-15-18-8-4-11-25-18/h3,6-7,12,18H,2,4-5,8-11,14-15H2,1H3,(H2,21,22,23). The first kappa shape index (κ1) is 19.2. The summed E-state index contributed by atoms with van der Waals surface area (Å²) >= 11 is 0. The summed E-state index contributed by atoms with van der Waals surface area (Å²) in [6, 6.07) is 9.68. The lowest BCUT2D eigenvalue weighted by Gasteiger charge is -2.12. The van der Waals surface area contributed by atoms with Gasteiger partial charge in [0, 0.05) is 26.3 Å². The summed E-state index contributed by atoms with van der Waals surface area (Å²) in [5.41, 5.74) is 1.69. The van der Waals surface area contributed by atoms with Crippen LogP contribution in [0, 0.1) is 11.3 Å². The van der Waals surface area contributed by atoms with Crippen molar-refractivity contribution in [1.82, 2.24) is 10.6 Å². The van der Waals surface area contributed by atoms with Crippen molar-refractivity contribution < 1.29 is 9.47 Å². The molecule has 1 aromatic carbocycles. The highest BCUT2D eigenvalue weighted by atomic mass is 16.5. The fourth-order valence-corrected chi connectivity index (χ4v) is 2.62. The summed E-state index contributed by atoms with van der Waals surface area (Å²) in [5.74, 6) is 0.781. The third-order valence-corrected chi connectivity index (χ3v) is 3.91. The van der Waals surface area contributed by atoms with Crippen LogP contribution in [-0.2, 0) is 16.0 Å². The highest BCUT2D eigenvalue weighted by molar-refractivity contribution is 5.79. The molecule has 2 N–H and O–H groups in total. The van der Waals surface area contributed by atoms with E-state index in [1.54, 1.807) is 6.07 Å². The van der Waals surface area contributed by atoms with Crippen molar-refractivity contribution in [2.45, 2.75) is 38.8 Å². The molecule has 1 saturated heterocycles. The molecule has 0 radical (unpaired) electrons. The summed E-state index contributed by atoms with van der Waals surface area (Å²) in [7, 11) is 0. The van der Waals surface area contributed by atoms with Gasteiger partial charge in [0.1, 0.15) is 0 Å². The maximum Gasteiger partial charge on any atom is 0.191 e. The van der Waals surface area contributed by atoms with Crippen LogP contribution in [0.1, 0.15) is 37.3 Å². The lowest BCUT2D eigenvalue weighted by Crippen LogP contribution is -2.38. The number of guanidine groups is 1. The van der Waals surface area contributed by atoms with Crippen molar-refractivity contribution in [2.75, 3.05) is 32.9 Å². The van der Waals surface area contributed by atoms with E-state index in [0.717, 1.165) is 57.1 Å². The Morgan fingerprint density at radius 3 is 3.12 bits per heavy atom. The van der Waals surface area contributed by atoms with E-state index in [2.05, 4.69) is 21.7 Å². The molecule has 1 heterocycles. The second kappa shape index (κ2) is 11.5. The number of hydrogen-bond acceptors (Lipinski definition) is 4. The number of benzene rings is 1. The van der Waals surface area contributed by atoms with Gasteiger partial charge in [-0.2, -0.15) is 5.26 Å². The van der Waals surface area contributed by atoms with Crippen LogP contribution in [0.5, 0.6) is 0 Å². The van der Waals surface area contributed by atoms with E-state index >= 15 is 0 Å². The van der Waals surface area contributed by atoms with E-state index in [4.69, 9.17) is 14.7 Å². The molecule has 0 aromatic heterocycles. The van der Waals surface area contributed by atoms with Gasteiger partial charge in [-0.3, -0.25) is 0 Å². The van der Waals surface area contributed by atoms with Crippen molar-refractivity contribution in [3.63, 3.8) is 0 Å². The summed E-state index contributed by atoms with van der Waals surface area (Å²) in [5, 5.41) is 15.5. The van der Waals surface area contributed by atoms with E-state index in [-0.39, 0.29) is 6.10 Å². The predicted octanol–water partition coefficient (Wildman–Crippen LogP) is 2.20. The van der Waals surface area contributed by atoms with Gasteiger partial charge in [0.15, 0.2) is 5.96 Å². The Hall–Kier alpha value is -2.10. The molecule has 1 aliphatic rings. The normalized spacial score (nSPS) is 17.3. The van der Waals surface area contributed by atoms with E-state index in [0.29, 0.717) is 18.7 Å². The summed E-state index contributed by atoms with van der Waals surface area (Å²) < 4.78 is 11.2. The molecule has 25 heavy (non-hydrogen) atoms. The van der Waals surface area contributed by atoms with Crippen LogP contribution in [0.4, 0.5) is 0 Å². The largest absolute Gasteiger partial charge is 0.379 e. The highest BCUT2D eigenvalue weighted by Gasteiger charge is 2.14. The summed E-state index contributed by atoms with van der Waals surface area (Å²) in [4.78, 5) is 4.56. The Kier molecular flexibility index (Phi) is 8.81. The van der Waals surface area contributed by atoms with Crippen LogP contribution in [0.15, 0.2) is 29.3 Å².